The monoisotopic (exact) mass is 224 g/mol. The summed E-state index contributed by atoms with van der Waals surface area (Å²) in [5.74, 6) is 1.93. The molecular formula is C11H16N2OS. The van der Waals surface area contributed by atoms with Crippen LogP contribution in [-0.4, -0.2) is 16.8 Å². The molecule has 0 unspecified atom stereocenters. The topological polar surface area (TPSA) is 58.6 Å². The van der Waals surface area contributed by atoms with Crippen LogP contribution in [0.15, 0.2) is 34.3 Å². The number of nitrogens with zero attached hydrogens (tertiary/aromatic N) is 1. The molecule has 0 radical (unpaired) electrons. The first-order valence-electron chi connectivity index (χ1n) is 4.84. The van der Waals surface area contributed by atoms with Crippen molar-refractivity contribution in [3.05, 3.63) is 29.8 Å². The number of amidine groups is 1. The van der Waals surface area contributed by atoms with Crippen molar-refractivity contribution in [2.45, 2.75) is 18.7 Å². The van der Waals surface area contributed by atoms with Gasteiger partial charge < -0.3 is 10.9 Å². The van der Waals surface area contributed by atoms with Crippen molar-refractivity contribution in [2.75, 3.05) is 5.75 Å². The SMILES string of the molecule is CC(C)CSc1ccc(/C(N)=N/O)cc1. The minimum absolute atomic E-state index is 0.149. The Bertz CT molecular complexity index is 333. The highest BCUT2D eigenvalue weighted by molar-refractivity contribution is 7.99. The standard InChI is InChI=1S/C11H16N2OS/c1-8(2)7-15-10-5-3-9(4-6-10)11(12)13-14/h3-6,8,14H,7H2,1-2H3,(H2,12,13). The summed E-state index contributed by atoms with van der Waals surface area (Å²) in [6.07, 6.45) is 0. The van der Waals surface area contributed by atoms with E-state index >= 15 is 0 Å². The van der Waals surface area contributed by atoms with Gasteiger partial charge in [0.1, 0.15) is 0 Å². The van der Waals surface area contributed by atoms with Gasteiger partial charge in [0.2, 0.25) is 0 Å². The summed E-state index contributed by atoms with van der Waals surface area (Å²) in [5.41, 5.74) is 6.20. The molecule has 0 fully saturated rings. The molecule has 1 aromatic carbocycles. The van der Waals surface area contributed by atoms with Gasteiger partial charge in [-0.3, -0.25) is 0 Å². The van der Waals surface area contributed by atoms with E-state index in [1.807, 2.05) is 36.0 Å². The molecule has 0 spiro atoms. The molecule has 1 aromatic rings. The molecule has 0 aliphatic heterocycles. The van der Waals surface area contributed by atoms with Gasteiger partial charge in [0, 0.05) is 16.2 Å². The van der Waals surface area contributed by atoms with E-state index in [0.29, 0.717) is 5.92 Å². The Labute approximate surface area is 94.4 Å². The Morgan fingerprint density at radius 3 is 2.47 bits per heavy atom. The van der Waals surface area contributed by atoms with Gasteiger partial charge in [0.25, 0.3) is 0 Å². The summed E-state index contributed by atoms with van der Waals surface area (Å²) in [6.45, 7) is 4.38. The van der Waals surface area contributed by atoms with Crippen LogP contribution in [0, 0.1) is 5.92 Å². The third kappa shape index (κ3) is 3.83. The van der Waals surface area contributed by atoms with Gasteiger partial charge in [0.15, 0.2) is 5.84 Å². The summed E-state index contributed by atoms with van der Waals surface area (Å²) in [6, 6.07) is 7.69. The molecule has 1 rings (SSSR count). The predicted octanol–water partition coefficient (Wildman–Crippen LogP) is 2.53. The Morgan fingerprint density at radius 1 is 1.40 bits per heavy atom. The first-order chi connectivity index (χ1) is 7.13. The number of rotatable bonds is 4. The lowest BCUT2D eigenvalue weighted by Crippen LogP contribution is -2.12. The minimum atomic E-state index is 0.149. The smallest absolute Gasteiger partial charge is 0.170 e. The van der Waals surface area contributed by atoms with Gasteiger partial charge in [-0.15, -0.1) is 11.8 Å². The largest absolute Gasteiger partial charge is 0.409 e. The molecule has 0 aliphatic carbocycles. The predicted molar refractivity (Wildman–Crippen MR) is 64.5 cm³/mol. The molecule has 4 heteroatoms. The first kappa shape index (κ1) is 11.9. The zero-order chi connectivity index (χ0) is 11.3. The second-order valence-electron chi connectivity index (χ2n) is 3.71. The maximum Gasteiger partial charge on any atom is 0.170 e. The van der Waals surface area contributed by atoms with E-state index in [-0.39, 0.29) is 5.84 Å². The van der Waals surface area contributed by atoms with Crippen LogP contribution in [0.1, 0.15) is 19.4 Å². The van der Waals surface area contributed by atoms with E-state index in [0.717, 1.165) is 11.3 Å². The average Bonchev–Trinajstić information content (AvgIpc) is 2.26. The first-order valence-corrected chi connectivity index (χ1v) is 5.82. The molecule has 0 aliphatic rings. The highest BCUT2D eigenvalue weighted by atomic mass is 32.2. The molecule has 0 bridgehead atoms. The van der Waals surface area contributed by atoms with Gasteiger partial charge in [-0.2, -0.15) is 0 Å². The van der Waals surface area contributed by atoms with E-state index in [2.05, 4.69) is 19.0 Å². The van der Waals surface area contributed by atoms with Crippen LogP contribution >= 0.6 is 11.8 Å². The molecule has 3 N–H and O–H groups in total. The lowest BCUT2D eigenvalue weighted by atomic mass is 10.2. The molecular weight excluding hydrogens is 208 g/mol. The van der Waals surface area contributed by atoms with E-state index in [9.17, 15) is 0 Å². The molecule has 82 valence electrons. The van der Waals surface area contributed by atoms with Crippen LogP contribution in [0.3, 0.4) is 0 Å². The molecule has 0 atom stereocenters. The fraction of sp³-hybridized carbons (Fsp3) is 0.364. The van der Waals surface area contributed by atoms with Gasteiger partial charge in [-0.25, -0.2) is 0 Å². The van der Waals surface area contributed by atoms with Crippen molar-refractivity contribution < 1.29 is 5.21 Å². The number of benzene rings is 1. The maximum absolute atomic E-state index is 8.49. The number of thioether (sulfide) groups is 1. The van der Waals surface area contributed by atoms with Gasteiger partial charge in [-0.05, 0) is 18.1 Å². The maximum atomic E-state index is 8.49. The molecule has 0 amide bonds. The third-order valence-corrected chi connectivity index (χ3v) is 3.28. The van der Waals surface area contributed by atoms with E-state index in [4.69, 9.17) is 10.9 Å². The van der Waals surface area contributed by atoms with Gasteiger partial charge >= 0.3 is 0 Å². The molecule has 15 heavy (non-hydrogen) atoms. The third-order valence-electron chi connectivity index (χ3n) is 1.84. The van der Waals surface area contributed by atoms with Gasteiger partial charge in [-0.1, -0.05) is 31.1 Å². The summed E-state index contributed by atoms with van der Waals surface area (Å²) in [7, 11) is 0. The fourth-order valence-corrected chi connectivity index (χ4v) is 1.90. The summed E-state index contributed by atoms with van der Waals surface area (Å²) in [5, 5.41) is 11.4. The highest BCUT2D eigenvalue weighted by Crippen LogP contribution is 2.20. The van der Waals surface area contributed by atoms with Crippen LogP contribution in [0.5, 0.6) is 0 Å². The molecule has 0 saturated carbocycles. The summed E-state index contributed by atoms with van der Waals surface area (Å²) >= 11 is 1.81. The van der Waals surface area contributed by atoms with Crippen LogP contribution in [0.4, 0.5) is 0 Å². The minimum Gasteiger partial charge on any atom is -0.409 e. The Balaban J connectivity index is 2.64. The van der Waals surface area contributed by atoms with Crippen LogP contribution < -0.4 is 5.73 Å². The zero-order valence-electron chi connectivity index (χ0n) is 8.97. The van der Waals surface area contributed by atoms with Crippen LogP contribution in [0.2, 0.25) is 0 Å². The van der Waals surface area contributed by atoms with Crippen molar-refractivity contribution in [3.63, 3.8) is 0 Å². The van der Waals surface area contributed by atoms with Crippen LogP contribution in [0.25, 0.3) is 0 Å². The quantitative estimate of drug-likeness (QED) is 0.272. The van der Waals surface area contributed by atoms with Crippen molar-refractivity contribution in [1.82, 2.24) is 0 Å². The van der Waals surface area contributed by atoms with Crippen molar-refractivity contribution >= 4 is 17.6 Å². The zero-order valence-corrected chi connectivity index (χ0v) is 9.79. The van der Waals surface area contributed by atoms with Crippen molar-refractivity contribution in [2.24, 2.45) is 16.8 Å². The van der Waals surface area contributed by atoms with Gasteiger partial charge in [0.05, 0.1) is 0 Å². The fourth-order valence-electron chi connectivity index (χ4n) is 1.04. The van der Waals surface area contributed by atoms with Crippen molar-refractivity contribution in [3.8, 4) is 0 Å². The molecule has 0 saturated heterocycles. The highest BCUT2D eigenvalue weighted by Gasteiger charge is 2.00. The van der Waals surface area contributed by atoms with Crippen molar-refractivity contribution in [1.29, 1.82) is 0 Å². The lowest BCUT2D eigenvalue weighted by Gasteiger charge is -2.05. The average molecular weight is 224 g/mol. The molecule has 0 heterocycles. The lowest BCUT2D eigenvalue weighted by molar-refractivity contribution is 0.318. The number of nitrogens with two attached hydrogens (primary N) is 1. The normalized spacial score (nSPS) is 12.1. The Kier molecular flexibility index (Phi) is 4.49. The number of hydrogen-bond donors (Lipinski definition) is 2. The number of hydrogen-bond acceptors (Lipinski definition) is 3. The second kappa shape index (κ2) is 5.66. The number of oxime groups is 1. The second-order valence-corrected chi connectivity index (χ2v) is 4.81. The van der Waals surface area contributed by atoms with E-state index in [1.54, 1.807) is 0 Å². The van der Waals surface area contributed by atoms with E-state index < -0.39 is 0 Å². The summed E-state index contributed by atoms with van der Waals surface area (Å²) in [4.78, 5) is 1.21. The van der Waals surface area contributed by atoms with Crippen LogP contribution in [-0.2, 0) is 0 Å². The Morgan fingerprint density at radius 2 is 2.00 bits per heavy atom. The summed E-state index contributed by atoms with van der Waals surface area (Å²) < 4.78 is 0. The molecule has 0 aromatic heterocycles. The Hall–Kier alpha value is -1.16. The molecule has 3 nitrogen and oxygen atoms in total. The van der Waals surface area contributed by atoms with E-state index in [1.165, 1.54) is 4.90 Å².